The van der Waals surface area contributed by atoms with E-state index in [9.17, 15) is 27.9 Å². The SMILES string of the molecule is CC1(C)[C@H]2Cc3c(O)cccc3[C@]1(C)CCN2C(=O)N1CCCc2cc(NC(=O)C(F)(F)F)ccc21. The predicted octanol–water partition coefficient (Wildman–Crippen LogP) is 5.38. The molecule has 2 N–H and O–H groups in total. The molecular weight excluding hydrogens is 471 g/mol. The zero-order valence-corrected chi connectivity index (χ0v) is 20.6. The fourth-order valence-electron chi connectivity index (χ4n) is 6.39. The van der Waals surface area contributed by atoms with E-state index >= 15 is 0 Å². The second kappa shape index (κ2) is 8.15. The van der Waals surface area contributed by atoms with E-state index in [-0.39, 0.29) is 34.3 Å². The zero-order chi connectivity index (χ0) is 26.0. The van der Waals surface area contributed by atoms with Crippen molar-refractivity contribution in [3.8, 4) is 5.75 Å². The van der Waals surface area contributed by atoms with Crippen LogP contribution < -0.4 is 10.2 Å². The number of rotatable bonds is 1. The summed E-state index contributed by atoms with van der Waals surface area (Å²) < 4.78 is 38.0. The summed E-state index contributed by atoms with van der Waals surface area (Å²) in [6.07, 6.45) is -2.40. The minimum absolute atomic E-state index is 0.0552. The Balaban J connectivity index is 1.45. The van der Waals surface area contributed by atoms with Crippen LogP contribution in [0.2, 0.25) is 0 Å². The summed E-state index contributed by atoms with van der Waals surface area (Å²) >= 11 is 0. The first kappa shape index (κ1) is 24.5. The van der Waals surface area contributed by atoms with Crippen molar-refractivity contribution in [2.24, 2.45) is 5.41 Å². The molecule has 0 radical (unpaired) electrons. The Morgan fingerprint density at radius 3 is 2.58 bits per heavy atom. The molecule has 2 aliphatic heterocycles. The number of piperidine rings is 1. The third-order valence-corrected chi connectivity index (χ3v) is 8.82. The standard InChI is InChI=1S/C27H30F3N3O3/c1-25(2)22-15-18-19(7-4-8-21(18)34)26(25,3)11-13-33(22)24(36)32-12-5-6-16-14-17(9-10-20(16)32)31-23(35)27(28,29)30/h4,7-10,14,22,34H,5-6,11-13,15H2,1-3H3,(H,31,35)/t22-,26+/m1/s1. The monoisotopic (exact) mass is 501 g/mol. The summed E-state index contributed by atoms with van der Waals surface area (Å²) in [7, 11) is 0. The molecule has 1 aliphatic carbocycles. The maximum Gasteiger partial charge on any atom is 0.471 e. The van der Waals surface area contributed by atoms with Gasteiger partial charge in [-0.3, -0.25) is 9.69 Å². The Labute approximate surface area is 208 Å². The molecule has 0 saturated carbocycles. The molecule has 0 spiro atoms. The van der Waals surface area contributed by atoms with Gasteiger partial charge in [-0.1, -0.05) is 32.9 Å². The molecule has 2 heterocycles. The normalized spacial score (nSPS) is 24.6. The van der Waals surface area contributed by atoms with E-state index in [1.54, 1.807) is 17.0 Å². The number of nitrogens with one attached hydrogen (secondary N) is 1. The summed E-state index contributed by atoms with van der Waals surface area (Å²) in [5, 5.41) is 12.5. The summed E-state index contributed by atoms with van der Waals surface area (Å²) in [4.78, 5) is 28.9. The summed E-state index contributed by atoms with van der Waals surface area (Å²) in [5.41, 5.74) is 3.03. The molecule has 2 aromatic rings. The Bertz CT molecular complexity index is 1240. The van der Waals surface area contributed by atoms with Crippen molar-refractivity contribution in [1.82, 2.24) is 4.90 Å². The quantitative estimate of drug-likeness (QED) is 0.551. The van der Waals surface area contributed by atoms with Crippen LogP contribution in [0.3, 0.4) is 0 Å². The van der Waals surface area contributed by atoms with Crippen LogP contribution >= 0.6 is 0 Å². The van der Waals surface area contributed by atoms with Gasteiger partial charge in [0.05, 0.1) is 0 Å². The van der Waals surface area contributed by atoms with Crippen molar-refractivity contribution >= 4 is 23.3 Å². The lowest BCUT2D eigenvalue weighted by atomic mass is 9.51. The Kier molecular flexibility index (Phi) is 5.53. The van der Waals surface area contributed by atoms with Crippen molar-refractivity contribution in [2.75, 3.05) is 23.3 Å². The number of likely N-dealkylation sites (tertiary alicyclic amines) is 1. The second-order valence-electron chi connectivity index (χ2n) is 10.9. The molecule has 0 aromatic heterocycles. The highest BCUT2D eigenvalue weighted by atomic mass is 19.4. The average Bonchev–Trinajstić information content (AvgIpc) is 2.80. The number of fused-ring (bicyclic) bond motifs is 5. The number of anilines is 2. The number of alkyl halides is 3. The number of amides is 3. The lowest BCUT2D eigenvalue weighted by Crippen LogP contribution is -2.66. The van der Waals surface area contributed by atoms with Gasteiger partial charge in [0, 0.05) is 35.9 Å². The first-order chi connectivity index (χ1) is 16.8. The van der Waals surface area contributed by atoms with Gasteiger partial charge in [-0.15, -0.1) is 0 Å². The van der Waals surface area contributed by atoms with E-state index < -0.39 is 12.1 Å². The molecule has 6 nitrogen and oxygen atoms in total. The van der Waals surface area contributed by atoms with Crippen molar-refractivity contribution < 1.29 is 27.9 Å². The smallest absolute Gasteiger partial charge is 0.471 e. The number of aromatic hydroxyl groups is 1. The Morgan fingerprint density at radius 2 is 1.86 bits per heavy atom. The van der Waals surface area contributed by atoms with Crippen LogP contribution in [-0.2, 0) is 23.1 Å². The van der Waals surface area contributed by atoms with E-state index in [1.807, 2.05) is 16.3 Å². The average molecular weight is 502 g/mol. The van der Waals surface area contributed by atoms with Crippen LogP contribution in [0.5, 0.6) is 5.75 Å². The van der Waals surface area contributed by atoms with Gasteiger partial charge in [0.25, 0.3) is 0 Å². The number of urea groups is 1. The third-order valence-electron chi connectivity index (χ3n) is 8.82. The van der Waals surface area contributed by atoms with Crippen molar-refractivity contribution in [2.45, 2.75) is 64.1 Å². The fourth-order valence-corrected chi connectivity index (χ4v) is 6.39. The lowest BCUT2D eigenvalue weighted by molar-refractivity contribution is -0.167. The number of carbonyl (C=O) groups excluding carboxylic acids is 2. The van der Waals surface area contributed by atoms with Gasteiger partial charge in [-0.05, 0) is 72.1 Å². The summed E-state index contributed by atoms with van der Waals surface area (Å²) in [5.74, 6) is -1.77. The van der Waals surface area contributed by atoms with Crippen molar-refractivity contribution in [3.63, 3.8) is 0 Å². The molecule has 5 rings (SSSR count). The highest BCUT2D eigenvalue weighted by Gasteiger charge is 2.57. The molecule has 36 heavy (non-hydrogen) atoms. The molecule has 2 bridgehead atoms. The molecule has 9 heteroatoms. The lowest BCUT2D eigenvalue weighted by Gasteiger charge is -2.61. The van der Waals surface area contributed by atoms with E-state index in [0.29, 0.717) is 38.0 Å². The number of phenols is 1. The van der Waals surface area contributed by atoms with Crippen LogP contribution in [0.4, 0.5) is 29.3 Å². The second-order valence-corrected chi connectivity index (χ2v) is 10.9. The molecule has 1 saturated heterocycles. The van der Waals surface area contributed by atoms with Crippen LogP contribution in [0.15, 0.2) is 36.4 Å². The van der Waals surface area contributed by atoms with E-state index in [4.69, 9.17) is 0 Å². The van der Waals surface area contributed by atoms with Gasteiger partial charge in [-0.25, -0.2) is 4.79 Å². The van der Waals surface area contributed by atoms with Crippen molar-refractivity contribution in [1.29, 1.82) is 0 Å². The van der Waals surface area contributed by atoms with Gasteiger partial charge in [0.15, 0.2) is 0 Å². The molecule has 192 valence electrons. The van der Waals surface area contributed by atoms with Gasteiger partial charge in [0.1, 0.15) is 5.75 Å². The number of benzene rings is 2. The molecule has 2 aromatic carbocycles. The maximum absolute atomic E-state index is 14.0. The van der Waals surface area contributed by atoms with E-state index in [0.717, 1.165) is 23.1 Å². The molecule has 3 amide bonds. The number of halogens is 3. The minimum Gasteiger partial charge on any atom is -0.508 e. The number of nitrogens with zero attached hydrogens (tertiary/aromatic N) is 2. The minimum atomic E-state index is -4.97. The van der Waals surface area contributed by atoms with Crippen LogP contribution in [-0.4, -0.2) is 47.3 Å². The van der Waals surface area contributed by atoms with Gasteiger partial charge in [-0.2, -0.15) is 13.2 Å². The van der Waals surface area contributed by atoms with E-state index in [1.165, 1.54) is 12.1 Å². The number of aryl methyl sites for hydroxylation is 1. The fraction of sp³-hybridized carbons (Fsp3) is 0.481. The number of hydrogen-bond donors (Lipinski definition) is 2. The third kappa shape index (κ3) is 3.62. The Hall–Kier alpha value is -3.23. The van der Waals surface area contributed by atoms with Gasteiger partial charge in [0.2, 0.25) is 0 Å². The highest BCUT2D eigenvalue weighted by Crippen LogP contribution is 2.57. The topological polar surface area (TPSA) is 72.9 Å². The van der Waals surface area contributed by atoms with Crippen molar-refractivity contribution in [3.05, 3.63) is 53.1 Å². The first-order valence-electron chi connectivity index (χ1n) is 12.2. The Morgan fingerprint density at radius 1 is 1.11 bits per heavy atom. The van der Waals surface area contributed by atoms with Crippen LogP contribution in [0.25, 0.3) is 0 Å². The summed E-state index contributed by atoms with van der Waals surface area (Å²) in [6.45, 7) is 7.66. The highest BCUT2D eigenvalue weighted by molar-refractivity contribution is 5.97. The molecular formula is C27H30F3N3O3. The zero-order valence-electron chi connectivity index (χ0n) is 20.6. The number of phenolic OH excluding ortho intramolecular Hbond substituents is 1. The largest absolute Gasteiger partial charge is 0.508 e. The summed E-state index contributed by atoms with van der Waals surface area (Å²) in [6, 6.07) is 9.93. The van der Waals surface area contributed by atoms with Gasteiger partial charge < -0.3 is 15.3 Å². The molecule has 0 unspecified atom stereocenters. The first-order valence-corrected chi connectivity index (χ1v) is 12.2. The molecule has 2 atom stereocenters. The number of carbonyl (C=O) groups is 2. The maximum atomic E-state index is 14.0. The van der Waals surface area contributed by atoms with E-state index in [2.05, 4.69) is 26.8 Å². The predicted molar refractivity (Wildman–Crippen MR) is 130 cm³/mol. The molecule has 3 aliphatic rings. The molecule has 1 fully saturated rings. The van der Waals surface area contributed by atoms with Gasteiger partial charge >= 0.3 is 18.1 Å². The van der Waals surface area contributed by atoms with Crippen LogP contribution in [0, 0.1) is 5.41 Å². The number of hydrogen-bond acceptors (Lipinski definition) is 3. The van der Waals surface area contributed by atoms with Crippen LogP contribution in [0.1, 0.15) is 50.3 Å².